The summed E-state index contributed by atoms with van der Waals surface area (Å²) in [6, 6.07) is 6.76. The van der Waals surface area contributed by atoms with E-state index in [1.165, 1.54) is 36.5 Å². The molecule has 20 heavy (non-hydrogen) atoms. The number of carbonyl (C=O) groups excluding carboxylic acids is 1. The molecule has 0 atom stereocenters. The SMILES string of the molecule is O=C(Nc1ccc([N+](=O)[O-])cc1)c1cc(Cl)ncc1Cl. The number of hydrogen-bond donors (Lipinski definition) is 1. The number of nitro groups is 1. The van der Waals surface area contributed by atoms with Crippen LogP contribution in [0.1, 0.15) is 10.4 Å². The van der Waals surface area contributed by atoms with Crippen molar-refractivity contribution in [2.24, 2.45) is 0 Å². The van der Waals surface area contributed by atoms with E-state index in [9.17, 15) is 14.9 Å². The minimum atomic E-state index is -0.523. The zero-order chi connectivity index (χ0) is 14.7. The van der Waals surface area contributed by atoms with Gasteiger partial charge in [-0.25, -0.2) is 4.98 Å². The Kier molecular flexibility index (Phi) is 4.16. The Morgan fingerprint density at radius 1 is 1.25 bits per heavy atom. The number of carbonyl (C=O) groups is 1. The Bertz CT molecular complexity index is 674. The number of rotatable bonds is 3. The first-order valence-corrected chi connectivity index (χ1v) is 6.10. The predicted molar refractivity (Wildman–Crippen MR) is 75.3 cm³/mol. The van der Waals surface area contributed by atoms with Crippen molar-refractivity contribution in [1.29, 1.82) is 0 Å². The number of nitrogens with one attached hydrogen (secondary N) is 1. The number of nitro benzene ring substituents is 1. The molecule has 8 heteroatoms. The highest BCUT2D eigenvalue weighted by molar-refractivity contribution is 6.35. The topological polar surface area (TPSA) is 85.1 Å². The molecule has 0 radical (unpaired) electrons. The van der Waals surface area contributed by atoms with Crippen LogP contribution in [0.25, 0.3) is 0 Å². The van der Waals surface area contributed by atoms with Crippen LogP contribution in [-0.4, -0.2) is 15.8 Å². The lowest BCUT2D eigenvalue weighted by atomic mass is 10.2. The average Bonchev–Trinajstić information content (AvgIpc) is 2.42. The molecule has 6 nitrogen and oxygen atoms in total. The number of pyridine rings is 1. The zero-order valence-corrected chi connectivity index (χ0v) is 11.4. The third-order valence-electron chi connectivity index (χ3n) is 2.40. The summed E-state index contributed by atoms with van der Waals surface area (Å²) >= 11 is 11.5. The summed E-state index contributed by atoms with van der Waals surface area (Å²) in [5.41, 5.74) is 0.516. The van der Waals surface area contributed by atoms with Crippen LogP contribution in [-0.2, 0) is 0 Å². The highest BCUT2D eigenvalue weighted by Crippen LogP contribution is 2.21. The molecule has 1 N–H and O–H groups in total. The second kappa shape index (κ2) is 5.85. The quantitative estimate of drug-likeness (QED) is 0.533. The molecule has 1 aromatic heterocycles. The minimum Gasteiger partial charge on any atom is -0.322 e. The first kappa shape index (κ1) is 14.2. The minimum absolute atomic E-state index is 0.0620. The molecular formula is C12H7Cl2N3O3. The lowest BCUT2D eigenvalue weighted by Gasteiger charge is -2.06. The van der Waals surface area contributed by atoms with E-state index in [1.54, 1.807) is 0 Å². The fraction of sp³-hybridized carbons (Fsp3) is 0. The van der Waals surface area contributed by atoms with E-state index in [-0.39, 0.29) is 21.4 Å². The van der Waals surface area contributed by atoms with E-state index >= 15 is 0 Å². The van der Waals surface area contributed by atoms with Gasteiger partial charge in [-0.3, -0.25) is 14.9 Å². The average molecular weight is 312 g/mol. The number of halogens is 2. The molecule has 2 aromatic rings. The fourth-order valence-corrected chi connectivity index (χ4v) is 1.80. The summed E-state index contributed by atoms with van der Waals surface area (Å²) in [5, 5.41) is 13.4. The summed E-state index contributed by atoms with van der Waals surface area (Å²) in [5.74, 6) is -0.479. The van der Waals surface area contributed by atoms with Gasteiger partial charge in [0.2, 0.25) is 0 Å². The third-order valence-corrected chi connectivity index (χ3v) is 2.91. The monoisotopic (exact) mass is 311 g/mol. The molecule has 2 rings (SSSR count). The largest absolute Gasteiger partial charge is 0.322 e. The van der Waals surface area contributed by atoms with Gasteiger partial charge in [0, 0.05) is 24.0 Å². The maximum Gasteiger partial charge on any atom is 0.269 e. The maximum absolute atomic E-state index is 12.0. The molecule has 0 aliphatic rings. The van der Waals surface area contributed by atoms with E-state index in [4.69, 9.17) is 23.2 Å². The van der Waals surface area contributed by atoms with Gasteiger partial charge in [0.25, 0.3) is 11.6 Å². The Morgan fingerprint density at radius 3 is 2.50 bits per heavy atom. The zero-order valence-electron chi connectivity index (χ0n) is 9.84. The molecule has 0 aliphatic heterocycles. The number of benzene rings is 1. The summed E-state index contributed by atoms with van der Waals surface area (Å²) in [6.45, 7) is 0. The van der Waals surface area contributed by atoms with Crippen LogP contribution < -0.4 is 5.32 Å². The molecule has 0 bridgehead atoms. The Balaban J connectivity index is 2.19. The molecule has 1 aromatic carbocycles. The van der Waals surface area contributed by atoms with Gasteiger partial charge in [0.1, 0.15) is 5.15 Å². The highest BCUT2D eigenvalue weighted by Gasteiger charge is 2.12. The van der Waals surface area contributed by atoms with Gasteiger partial charge in [-0.15, -0.1) is 0 Å². The van der Waals surface area contributed by atoms with E-state index in [1.807, 2.05) is 0 Å². The third kappa shape index (κ3) is 3.23. The van der Waals surface area contributed by atoms with Gasteiger partial charge in [-0.2, -0.15) is 0 Å². The molecule has 1 amide bonds. The molecule has 0 spiro atoms. The van der Waals surface area contributed by atoms with Gasteiger partial charge >= 0.3 is 0 Å². The smallest absolute Gasteiger partial charge is 0.269 e. The van der Waals surface area contributed by atoms with Gasteiger partial charge in [0.15, 0.2) is 0 Å². The van der Waals surface area contributed by atoms with Crippen molar-refractivity contribution in [3.05, 3.63) is 62.4 Å². The fourth-order valence-electron chi connectivity index (χ4n) is 1.45. The molecule has 0 fully saturated rings. The normalized spacial score (nSPS) is 10.1. The number of hydrogen-bond acceptors (Lipinski definition) is 4. The van der Waals surface area contributed by atoms with E-state index in [2.05, 4.69) is 10.3 Å². The van der Waals surface area contributed by atoms with Crippen LogP contribution in [0.4, 0.5) is 11.4 Å². The van der Waals surface area contributed by atoms with Crippen LogP contribution in [0.2, 0.25) is 10.2 Å². The summed E-state index contributed by atoms with van der Waals surface area (Å²) in [6.07, 6.45) is 1.27. The standard InChI is InChI=1S/C12H7Cl2N3O3/c13-10-6-15-11(14)5-9(10)12(18)16-7-1-3-8(4-2-7)17(19)20/h1-6H,(H,16,18). The predicted octanol–water partition coefficient (Wildman–Crippen LogP) is 3.55. The molecule has 0 saturated carbocycles. The van der Waals surface area contributed by atoms with Crippen LogP contribution in [0.3, 0.4) is 0 Å². The van der Waals surface area contributed by atoms with Crippen molar-refractivity contribution in [2.75, 3.05) is 5.32 Å². The van der Waals surface area contributed by atoms with Crippen LogP contribution in [0.5, 0.6) is 0 Å². The first-order chi connectivity index (χ1) is 9.47. The molecule has 102 valence electrons. The highest BCUT2D eigenvalue weighted by atomic mass is 35.5. The summed E-state index contributed by atoms with van der Waals surface area (Å²) in [7, 11) is 0. The molecule has 1 heterocycles. The van der Waals surface area contributed by atoms with Gasteiger partial charge in [-0.05, 0) is 18.2 Å². The maximum atomic E-state index is 12.0. The number of non-ortho nitro benzene ring substituents is 1. The van der Waals surface area contributed by atoms with Crippen molar-refractivity contribution in [3.8, 4) is 0 Å². The van der Waals surface area contributed by atoms with Gasteiger partial charge in [0.05, 0.1) is 15.5 Å². The second-order valence-electron chi connectivity index (χ2n) is 3.74. The lowest BCUT2D eigenvalue weighted by molar-refractivity contribution is -0.384. The van der Waals surface area contributed by atoms with Crippen LogP contribution in [0.15, 0.2) is 36.5 Å². The van der Waals surface area contributed by atoms with Gasteiger partial charge < -0.3 is 5.32 Å². The molecular weight excluding hydrogens is 305 g/mol. The van der Waals surface area contributed by atoms with Crippen molar-refractivity contribution in [3.63, 3.8) is 0 Å². The van der Waals surface area contributed by atoms with Crippen LogP contribution >= 0.6 is 23.2 Å². The Morgan fingerprint density at radius 2 is 1.90 bits per heavy atom. The lowest BCUT2D eigenvalue weighted by Crippen LogP contribution is -2.12. The summed E-state index contributed by atoms with van der Waals surface area (Å²) in [4.78, 5) is 25.7. The van der Waals surface area contributed by atoms with Gasteiger partial charge in [-0.1, -0.05) is 23.2 Å². The molecule has 0 unspecified atom stereocenters. The molecule has 0 aliphatic carbocycles. The number of aromatic nitrogens is 1. The number of nitrogens with zero attached hydrogens (tertiary/aromatic N) is 2. The van der Waals surface area contributed by atoms with Crippen molar-refractivity contribution in [2.45, 2.75) is 0 Å². The summed E-state index contributed by atoms with van der Waals surface area (Å²) < 4.78 is 0. The number of amides is 1. The van der Waals surface area contributed by atoms with Crippen molar-refractivity contribution < 1.29 is 9.72 Å². The number of anilines is 1. The van der Waals surface area contributed by atoms with Crippen molar-refractivity contribution >= 4 is 40.5 Å². The van der Waals surface area contributed by atoms with Crippen LogP contribution in [0, 0.1) is 10.1 Å². The molecule has 0 saturated heterocycles. The van der Waals surface area contributed by atoms with E-state index < -0.39 is 10.8 Å². The second-order valence-corrected chi connectivity index (χ2v) is 4.54. The Labute approximate surface area is 123 Å². The first-order valence-electron chi connectivity index (χ1n) is 5.34. The van der Waals surface area contributed by atoms with E-state index in [0.717, 1.165) is 0 Å². The Hall–Kier alpha value is -2.18. The van der Waals surface area contributed by atoms with E-state index in [0.29, 0.717) is 5.69 Å². The van der Waals surface area contributed by atoms with Crippen molar-refractivity contribution in [1.82, 2.24) is 4.98 Å².